The lowest BCUT2D eigenvalue weighted by atomic mass is 10.1. The average molecular weight is 272 g/mol. The molecule has 0 atom stereocenters. The van der Waals surface area contributed by atoms with Gasteiger partial charge in [-0.15, -0.1) is 0 Å². The maximum atomic E-state index is 12.1. The zero-order valence-corrected chi connectivity index (χ0v) is 11.8. The molecular formula is C13H24N2O2S. The lowest BCUT2D eigenvalue weighted by Gasteiger charge is -2.31. The van der Waals surface area contributed by atoms with Gasteiger partial charge in [0.05, 0.1) is 5.75 Å². The lowest BCUT2D eigenvalue weighted by Crippen LogP contribution is -2.46. The Balaban J connectivity index is 1.43. The van der Waals surface area contributed by atoms with E-state index in [1.54, 1.807) is 4.31 Å². The van der Waals surface area contributed by atoms with Crippen LogP contribution in [-0.2, 0) is 10.0 Å². The van der Waals surface area contributed by atoms with Crippen molar-refractivity contribution in [1.82, 2.24) is 9.62 Å². The molecule has 18 heavy (non-hydrogen) atoms. The molecular weight excluding hydrogens is 248 g/mol. The summed E-state index contributed by atoms with van der Waals surface area (Å²) in [7, 11) is -2.96. The van der Waals surface area contributed by atoms with Gasteiger partial charge in [0, 0.05) is 19.1 Å². The molecule has 0 spiro atoms. The number of rotatable bonds is 6. The van der Waals surface area contributed by atoms with Gasteiger partial charge in [0.25, 0.3) is 0 Å². The molecule has 1 aliphatic heterocycles. The second-order valence-electron chi connectivity index (χ2n) is 6.25. The van der Waals surface area contributed by atoms with Crippen LogP contribution >= 0.6 is 0 Å². The monoisotopic (exact) mass is 272 g/mol. The Morgan fingerprint density at radius 1 is 0.944 bits per heavy atom. The maximum Gasteiger partial charge on any atom is 0.214 e. The highest BCUT2D eigenvalue weighted by Gasteiger charge is 2.34. The summed E-state index contributed by atoms with van der Waals surface area (Å²) in [5.74, 6) is 1.76. The zero-order valence-electron chi connectivity index (χ0n) is 11.0. The summed E-state index contributed by atoms with van der Waals surface area (Å²) in [6, 6.07) is 0.540. The van der Waals surface area contributed by atoms with Crippen LogP contribution in [0.1, 0.15) is 38.5 Å². The first-order valence-electron chi connectivity index (χ1n) is 7.35. The molecule has 0 unspecified atom stereocenters. The van der Waals surface area contributed by atoms with Crippen molar-refractivity contribution in [3.05, 3.63) is 0 Å². The van der Waals surface area contributed by atoms with Crippen molar-refractivity contribution < 1.29 is 8.42 Å². The summed E-state index contributed by atoms with van der Waals surface area (Å²) >= 11 is 0. The highest BCUT2D eigenvalue weighted by Crippen LogP contribution is 2.32. The van der Waals surface area contributed by atoms with E-state index in [-0.39, 0.29) is 0 Å². The highest BCUT2D eigenvalue weighted by molar-refractivity contribution is 7.89. The van der Waals surface area contributed by atoms with Crippen molar-refractivity contribution in [2.45, 2.75) is 44.6 Å². The van der Waals surface area contributed by atoms with Crippen LogP contribution < -0.4 is 5.32 Å². The van der Waals surface area contributed by atoms with Crippen LogP contribution in [0.4, 0.5) is 0 Å². The van der Waals surface area contributed by atoms with Gasteiger partial charge in [-0.3, -0.25) is 0 Å². The van der Waals surface area contributed by atoms with Crippen molar-refractivity contribution in [2.75, 3.05) is 25.4 Å². The smallest absolute Gasteiger partial charge is 0.214 e. The summed E-state index contributed by atoms with van der Waals surface area (Å²) in [5, 5.41) is 3.59. The third-order valence-corrected chi connectivity index (χ3v) is 6.43. The molecule has 3 fully saturated rings. The first-order valence-corrected chi connectivity index (χ1v) is 8.95. The Morgan fingerprint density at radius 3 is 2.11 bits per heavy atom. The van der Waals surface area contributed by atoms with E-state index in [4.69, 9.17) is 0 Å². The number of nitrogens with one attached hydrogen (secondary N) is 1. The molecule has 0 aromatic heterocycles. The van der Waals surface area contributed by atoms with E-state index in [0.29, 0.717) is 17.7 Å². The molecule has 3 aliphatic rings. The van der Waals surface area contributed by atoms with Gasteiger partial charge < -0.3 is 5.32 Å². The number of sulfonamides is 1. The number of hydrogen-bond acceptors (Lipinski definition) is 3. The molecule has 1 N–H and O–H groups in total. The van der Waals surface area contributed by atoms with Gasteiger partial charge in [-0.05, 0) is 56.9 Å². The van der Waals surface area contributed by atoms with E-state index in [0.717, 1.165) is 51.2 Å². The summed E-state index contributed by atoms with van der Waals surface area (Å²) in [6.45, 7) is 2.58. The fraction of sp³-hybridized carbons (Fsp3) is 1.00. The predicted octanol–water partition coefficient (Wildman–Crippen LogP) is 1.19. The predicted molar refractivity (Wildman–Crippen MR) is 71.8 cm³/mol. The number of nitrogens with zero attached hydrogens (tertiary/aromatic N) is 1. The molecule has 3 rings (SSSR count). The van der Waals surface area contributed by atoms with Gasteiger partial charge >= 0.3 is 0 Å². The second kappa shape index (κ2) is 5.10. The van der Waals surface area contributed by atoms with Crippen molar-refractivity contribution >= 4 is 10.0 Å². The van der Waals surface area contributed by atoms with Gasteiger partial charge in [0.1, 0.15) is 0 Å². The first-order chi connectivity index (χ1) is 8.63. The Hall–Kier alpha value is -0.130. The van der Waals surface area contributed by atoms with Gasteiger partial charge in [0.2, 0.25) is 10.0 Å². The van der Waals surface area contributed by atoms with E-state index in [1.807, 2.05) is 0 Å². The van der Waals surface area contributed by atoms with Crippen LogP contribution in [0, 0.1) is 11.8 Å². The van der Waals surface area contributed by atoms with E-state index in [2.05, 4.69) is 5.32 Å². The van der Waals surface area contributed by atoms with Crippen LogP contribution in [0.15, 0.2) is 0 Å². The third-order valence-electron chi connectivity index (χ3n) is 4.38. The largest absolute Gasteiger partial charge is 0.314 e. The Labute approximate surface area is 110 Å². The lowest BCUT2D eigenvalue weighted by molar-refractivity contribution is 0.287. The van der Waals surface area contributed by atoms with Crippen LogP contribution in [0.5, 0.6) is 0 Å². The second-order valence-corrected chi connectivity index (χ2v) is 8.26. The van der Waals surface area contributed by atoms with E-state index >= 15 is 0 Å². The van der Waals surface area contributed by atoms with Gasteiger partial charge in [-0.25, -0.2) is 12.7 Å². The van der Waals surface area contributed by atoms with E-state index in [1.165, 1.54) is 12.8 Å². The Kier molecular flexibility index (Phi) is 3.65. The normalized spacial score (nSPS) is 27.6. The van der Waals surface area contributed by atoms with Gasteiger partial charge in [-0.1, -0.05) is 0 Å². The average Bonchev–Trinajstić information content (AvgIpc) is 3.21. The van der Waals surface area contributed by atoms with Crippen molar-refractivity contribution in [3.63, 3.8) is 0 Å². The summed E-state index contributed by atoms with van der Waals surface area (Å²) < 4.78 is 26.0. The van der Waals surface area contributed by atoms with Gasteiger partial charge in [0.15, 0.2) is 0 Å². The maximum absolute atomic E-state index is 12.1. The summed E-state index contributed by atoms with van der Waals surface area (Å²) in [5.41, 5.74) is 0. The fourth-order valence-electron chi connectivity index (χ4n) is 2.68. The minimum atomic E-state index is -2.96. The molecule has 1 heterocycles. The minimum Gasteiger partial charge on any atom is -0.314 e. The van der Waals surface area contributed by atoms with Crippen molar-refractivity contribution in [1.29, 1.82) is 0 Å². The SMILES string of the molecule is O=S(=O)(CC1CC1)N1CCC(NCC2CC2)CC1. The van der Waals surface area contributed by atoms with Crippen LogP contribution in [0.25, 0.3) is 0 Å². The zero-order chi connectivity index (χ0) is 12.6. The molecule has 104 valence electrons. The molecule has 0 radical (unpaired) electrons. The standard InChI is InChI=1S/C13H24N2O2S/c16-18(17,10-12-3-4-12)15-7-5-13(6-8-15)14-9-11-1-2-11/h11-14H,1-10H2. The van der Waals surface area contributed by atoms with Crippen LogP contribution in [-0.4, -0.2) is 44.2 Å². The van der Waals surface area contributed by atoms with E-state index in [9.17, 15) is 8.42 Å². The molecule has 4 nitrogen and oxygen atoms in total. The molecule has 2 aliphatic carbocycles. The van der Waals surface area contributed by atoms with E-state index < -0.39 is 10.0 Å². The molecule has 0 amide bonds. The minimum absolute atomic E-state index is 0.396. The quantitative estimate of drug-likeness (QED) is 0.790. The first kappa shape index (κ1) is 12.9. The summed E-state index contributed by atoms with van der Waals surface area (Å²) in [4.78, 5) is 0. The molecule has 2 saturated carbocycles. The molecule has 0 aromatic carbocycles. The molecule has 1 saturated heterocycles. The van der Waals surface area contributed by atoms with Crippen molar-refractivity contribution in [3.8, 4) is 0 Å². The molecule has 0 aromatic rings. The van der Waals surface area contributed by atoms with Crippen molar-refractivity contribution in [2.24, 2.45) is 11.8 Å². The highest BCUT2D eigenvalue weighted by atomic mass is 32.2. The number of piperidine rings is 1. The van der Waals surface area contributed by atoms with Crippen LogP contribution in [0.2, 0.25) is 0 Å². The van der Waals surface area contributed by atoms with Crippen LogP contribution in [0.3, 0.4) is 0 Å². The Morgan fingerprint density at radius 2 is 1.56 bits per heavy atom. The fourth-order valence-corrected chi connectivity index (χ4v) is 4.59. The Bertz CT molecular complexity index is 380. The topological polar surface area (TPSA) is 49.4 Å². The number of hydrogen-bond donors (Lipinski definition) is 1. The third kappa shape index (κ3) is 3.45. The summed E-state index contributed by atoms with van der Waals surface area (Å²) in [6.07, 6.45) is 6.94. The molecule has 5 heteroatoms. The molecule has 0 bridgehead atoms. The van der Waals surface area contributed by atoms with Gasteiger partial charge in [-0.2, -0.15) is 0 Å².